The first kappa shape index (κ1) is 19.2. The molecule has 1 aromatic carbocycles. The quantitative estimate of drug-likeness (QED) is 0.777. The van der Waals surface area contributed by atoms with Crippen LogP contribution in [-0.4, -0.2) is 41.0 Å². The molecule has 0 fully saturated rings. The molecule has 1 atom stereocenters. The molecule has 0 spiro atoms. The Morgan fingerprint density at radius 3 is 2.67 bits per heavy atom. The third-order valence-corrected chi connectivity index (χ3v) is 4.27. The number of amides is 1. The molecule has 2 heterocycles. The molecule has 0 saturated carbocycles. The normalized spacial score (nSPS) is 17.9. The molecule has 2 aliphatic heterocycles. The molecule has 2 aliphatic rings. The Balaban J connectivity index is 1.61. The van der Waals surface area contributed by atoms with Gasteiger partial charge < -0.3 is 20.9 Å². The van der Waals surface area contributed by atoms with E-state index < -0.39 is 35.5 Å². The summed E-state index contributed by atoms with van der Waals surface area (Å²) in [4.78, 5) is 15.0. The predicted octanol–water partition coefficient (Wildman–Crippen LogP) is 2.17. The minimum atomic E-state index is -4.51. The Morgan fingerprint density at radius 2 is 1.96 bits per heavy atom. The number of carbonyl (C=O) groups excluding carboxylic acids is 1. The van der Waals surface area contributed by atoms with Crippen LogP contribution in [0.15, 0.2) is 42.1 Å². The first-order valence-corrected chi connectivity index (χ1v) is 8.17. The van der Waals surface area contributed by atoms with Gasteiger partial charge in [-0.2, -0.15) is 13.2 Å². The summed E-state index contributed by atoms with van der Waals surface area (Å²) in [6, 6.07) is 2.23. The fourth-order valence-corrected chi connectivity index (χ4v) is 2.92. The van der Waals surface area contributed by atoms with Crippen LogP contribution in [0.4, 0.5) is 22.0 Å². The summed E-state index contributed by atoms with van der Waals surface area (Å²) in [7, 11) is 0. The van der Waals surface area contributed by atoms with Gasteiger partial charge in [-0.3, -0.25) is 4.79 Å². The van der Waals surface area contributed by atoms with Gasteiger partial charge in [0.2, 0.25) is 5.91 Å². The Bertz CT molecular complexity index is 805. The van der Waals surface area contributed by atoms with Crippen LogP contribution in [0.1, 0.15) is 12.0 Å². The summed E-state index contributed by atoms with van der Waals surface area (Å²) < 4.78 is 65.1. The molecular formula is C17H17F5N4O. The van der Waals surface area contributed by atoms with Crippen molar-refractivity contribution in [2.75, 3.05) is 13.1 Å². The van der Waals surface area contributed by atoms with Gasteiger partial charge in [0, 0.05) is 38.0 Å². The second-order valence-electron chi connectivity index (χ2n) is 6.36. The molecule has 0 unspecified atom stereocenters. The number of alkyl halides is 3. The van der Waals surface area contributed by atoms with Gasteiger partial charge in [-0.25, -0.2) is 8.78 Å². The topological polar surface area (TPSA) is 61.6 Å². The zero-order chi connectivity index (χ0) is 19.8. The molecular weight excluding hydrogens is 371 g/mol. The van der Waals surface area contributed by atoms with Gasteiger partial charge in [0.15, 0.2) is 0 Å². The SMILES string of the molecule is N[C@@H](CC(=O)N1C=C2NC(C(F)(F)F)=CN2CC1)Cc1cc(F)ccc1F. The van der Waals surface area contributed by atoms with Gasteiger partial charge in [-0.1, -0.05) is 0 Å². The van der Waals surface area contributed by atoms with E-state index in [1.807, 2.05) is 0 Å². The van der Waals surface area contributed by atoms with E-state index in [4.69, 9.17) is 5.73 Å². The van der Waals surface area contributed by atoms with Crippen molar-refractivity contribution < 1.29 is 26.7 Å². The number of nitrogens with two attached hydrogens (primary N) is 1. The molecule has 10 heteroatoms. The number of carbonyl (C=O) groups is 1. The van der Waals surface area contributed by atoms with Gasteiger partial charge in [-0.15, -0.1) is 0 Å². The molecule has 5 nitrogen and oxygen atoms in total. The Morgan fingerprint density at radius 1 is 1.22 bits per heavy atom. The number of fused-ring (bicyclic) bond motifs is 1. The lowest BCUT2D eigenvalue weighted by Gasteiger charge is -2.30. The van der Waals surface area contributed by atoms with Gasteiger partial charge in [0.05, 0.1) is 0 Å². The average Bonchev–Trinajstić information content (AvgIpc) is 3.01. The van der Waals surface area contributed by atoms with Crippen LogP contribution >= 0.6 is 0 Å². The smallest absolute Gasteiger partial charge is 0.335 e. The summed E-state index contributed by atoms with van der Waals surface area (Å²) in [6.07, 6.45) is -2.46. The van der Waals surface area contributed by atoms with Crippen LogP contribution in [0.2, 0.25) is 0 Å². The van der Waals surface area contributed by atoms with Crippen molar-refractivity contribution in [2.45, 2.75) is 25.1 Å². The van der Waals surface area contributed by atoms with Crippen LogP contribution < -0.4 is 11.1 Å². The summed E-state index contributed by atoms with van der Waals surface area (Å²) in [5, 5.41) is 2.23. The van der Waals surface area contributed by atoms with E-state index in [1.165, 1.54) is 16.0 Å². The summed E-state index contributed by atoms with van der Waals surface area (Å²) in [5.41, 5.74) is 5.04. The van der Waals surface area contributed by atoms with Crippen LogP contribution in [0, 0.1) is 11.6 Å². The highest BCUT2D eigenvalue weighted by atomic mass is 19.4. The molecule has 0 aliphatic carbocycles. The van der Waals surface area contributed by atoms with Gasteiger partial charge >= 0.3 is 6.18 Å². The van der Waals surface area contributed by atoms with Crippen LogP contribution in [0.3, 0.4) is 0 Å². The highest BCUT2D eigenvalue weighted by Gasteiger charge is 2.40. The van der Waals surface area contributed by atoms with E-state index in [1.54, 1.807) is 0 Å². The van der Waals surface area contributed by atoms with Crippen molar-refractivity contribution in [3.05, 3.63) is 59.3 Å². The largest absolute Gasteiger partial charge is 0.432 e. The average molecular weight is 388 g/mol. The Hall–Kier alpha value is -2.62. The maximum absolute atomic E-state index is 13.7. The van der Waals surface area contributed by atoms with Crippen molar-refractivity contribution in [3.8, 4) is 0 Å². The van der Waals surface area contributed by atoms with Crippen molar-refractivity contribution in [1.82, 2.24) is 15.1 Å². The van der Waals surface area contributed by atoms with Crippen molar-refractivity contribution in [2.24, 2.45) is 5.73 Å². The van der Waals surface area contributed by atoms with E-state index in [0.29, 0.717) is 0 Å². The monoisotopic (exact) mass is 388 g/mol. The molecule has 0 bridgehead atoms. The number of hydrogen-bond donors (Lipinski definition) is 2. The van der Waals surface area contributed by atoms with Gasteiger partial charge in [0.25, 0.3) is 0 Å². The van der Waals surface area contributed by atoms with E-state index >= 15 is 0 Å². The number of nitrogens with zero attached hydrogens (tertiary/aromatic N) is 2. The van der Waals surface area contributed by atoms with Crippen LogP contribution in [-0.2, 0) is 11.2 Å². The second kappa shape index (κ2) is 7.18. The number of halogens is 5. The van der Waals surface area contributed by atoms with Crippen LogP contribution in [0.25, 0.3) is 0 Å². The summed E-state index contributed by atoms with van der Waals surface area (Å²) >= 11 is 0. The van der Waals surface area contributed by atoms with Crippen molar-refractivity contribution in [3.63, 3.8) is 0 Å². The predicted molar refractivity (Wildman–Crippen MR) is 86.4 cm³/mol. The molecule has 1 aromatic rings. The molecule has 3 rings (SSSR count). The van der Waals surface area contributed by atoms with Crippen molar-refractivity contribution >= 4 is 5.91 Å². The highest BCUT2D eigenvalue weighted by molar-refractivity contribution is 5.78. The molecule has 0 saturated heterocycles. The Labute approximate surface area is 151 Å². The van der Waals surface area contributed by atoms with E-state index in [9.17, 15) is 26.7 Å². The first-order valence-electron chi connectivity index (χ1n) is 8.17. The fraction of sp³-hybridized carbons (Fsp3) is 0.353. The van der Waals surface area contributed by atoms with E-state index in [-0.39, 0.29) is 37.3 Å². The molecule has 3 N–H and O–H groups in total. The molecule has 0 radical (unpaired) electrons. The second-order valence-corrected chi connectivity index (χ2v) is 6.36. The summed E-state index contributed by atoms with van der Waals surface area (Å²) in [5.74, 6) is -1.48. The van der Waals surface area contributed by atoms with Gasteiger partial charge in [0.1, 0.15) is 23.2 Å². The first-order chi connectivity index (χ1) is 12.6. The minimum Gasteiger partial charge on any atom is -0.335 e. The van der Waals surface area contributed by atoms with E-state index in [2.05, 4.69) is 5.32 Å². The number of benzene rings is 1. The van der Waals surface area contributed by atoms with Crippen molar-refractivity contribution in [1.29, 1.82) is 0 Å². The zero-order valence-electron chi connectivity index (χ0n) is 14.1. The molecule has 0 aromatic heterocycles. The van der Waals surface area contributed by atoms with Crippen LogP contribution in [0.5, 0.6) is 0 Å². The van der Waals surface area contributed by atoms with E-state index in [0.717, 1.165) is 24.4 Å². The minimum absolute atomic E-state index is 0.0378. The number of nitrogens with one attached hydrogen (secondary N) is 1. The maximum atomic E-state index is 13.7. The lowest BCUT2D eigenvalue weighted by atomic mass is 10.0. The number of allylic oxidation sites excluding steroid dienone is 1. The standard InChI is InChI=1S/C17H17F5N4O/c18-11-1-2-13(19)10(5-11)6-12(23)7-16(27)26-4-3-25-8-14(17(20,21)22)24-15(25)9-26/h1-2,5,8-9,12,24H,3-4,6-7,23H2/t12-/m1/s1. The lowest BCUT2D eigenvalue weighted by Crippen LogP contribution is -2.42. The third-order valence-electron chi connectivity index (χ3n) is 4.27. The number of hydrogen-bond acceptors (Lipinski definition) is 4. The lowest BCUT2D eigenvalue weighted by molar-refractivity contribution is -0.129. The maximum Gasteiger partial charge on any atom is 0.432 e. The van der Waals surface area contributed by atoms with Gasteiger partial charge in [-0.05, 0) is 30.2 Å². The molecule has 1 amide bonds. The zero-order valence-corrected chi connectivity index (χ0v) is 14.1. The highest BCUT2D eigenvalue weighted by Crippen LogP contribution is 2.30. The third kappa shape index (κ3) is 4.38. The fourth-order valence-electron chi connectivity index (χ4n) is 2.92. The summed E-state index contributed by atoms with van der Waals surface area (Å²) in [6.45, 7) is 0.380. The number of rotatable bonds is 4. The molecule has 27 heavy (non-hydrogen) atoms. The molecule has 146 valence electrons. The Kier molecular flexibility index (Phi) is 5.09.